The first kappa shape index (κ1) is 16.8. The number of anilines is 2. The lowest BCUT2D eigenvalue weighted by Gasteiger charge is -2.17. The van der Waals surface area contributed by atoms with E-state index in [0.717, 1.165) is 39.9 Å². The van der Waals surface area contributed by atoms with E-state index in [1.807, 2.05) is 37.3 Å². The van der Waals surface area contributed by atoms with Crippen LogP contribution in [0.1, 0.15) is 36.8 Å². The average molecular weight is 389 g/mol. The molecule has 1 aliphatic rings. The summed E-state index contributed by atoms with van der Waals surface area (Å²) >= 11 is 3.53. The maximum absolute atomic E-state index is 12.3. The summed E-state index contributed by atoms with van der Waals surface area (Å²) < 4.78 is 6.84. The summed E-state index contributed by atoms with van der Waals surface area (Å²) in [6, 6.07) is 11.4. The Bertz CT molecular complexity index is 744. The van der Waals surface area contributed by atoms with Gasteiger partial charge in [-0.15, -0.1) is 0 Å². The van der Waals surface area contributed by atoms with E-state index in [0.29, 0.717) is 18.2 Å². The van der Waals surface area contributed by atoms with Crippen LogP contribution in [0, 0.1) is 6.92 Å². The zero-order chi connectivity index (χ0) is 17.1. The maximum Gasteiger partial charge on any atom is 0.323 e. The fourth-order valence-corrected chi connectivity index (χ4v) is 3.35. The van der Waals surface area contributed by atoms with E-state index >= 15 is 0 Å². The molecule has 0 bridgehead atoms. The second-order valence-corrected chi connectivity index (χ2v) is 7.12. The van der Waals surface area contributed by atoms with E-state index in [2.05, 4.69) is 39.6 Å². The number of hydrogen-bond acceptors (Lipinski definition) is 2. The molecule has 4 nitrogen and oxygen atoms in total. The van der Waals surface area contributed by atoms with Crippen LogP contribution in [-0.2, 0) is 0 Å². The highest BCUT2D eigenvalue weighted by molar-refractivity contribution is 9.10. The number of fused-ring (bicyclic) bond motifs is 1. The number of ether oxygens (including phenoxy) is 1. The van der Waals surface area contributed by atoms with Crippen LogP contribution >= 0.6 is 15.9 Å². The Morgan fingerprint density at radius 2 is 1.96 bits per heavy atom. The van der Waals surface area contributed by atoms with Gasteiger partial charge in [0, 0.05) is 15.7 Å². The van der Waals surface area contributed by atoms with E-state index in [-0.39, 0.29) is 6.03 Å². The minimum atomic E-state index is -0.278. The van der Waals surface area contributed by atoms with Crippen LogP contribution in [0.25, 0.3) is 0 Å². The second-order valence-electron chi connectivity index (χ2n) is 6.21. The Balaban J connectivity index is 1.81. The zero-order valence-corrected chi connectivity index (χ0v) is 15.4. The van der Waals surface area contributed by atoms with Crippen LogP contribution in [0.15, 0.2) is 40.9 Å². The molecule has 0 unspecified atom stereocenters. The van der Waals surface area contributed by atoms with Crippen molar-refractivity contribution in [2.24, 2.45) is 0 Å². The maximum atomic E-state index is 12.3. The summed E-state index contributed by atoms with van der Waals surface area (Å²) in [5, 5.41) is 5.77. The molecule has 2 N–H and O–H groups in total. The van der Waals surface area contributed by atoms with Gasteiger partial charge in [-0.25, -0.2) is 4.79 Å². The number of amides is 2. The largest absolute Gasteiger partial charge is 0.491 e. The molecular formula is C19H21BrN2O2. The van der Waals surface area contributed by atoms with Gasteiger partial charge in [0.1, 0.15) is 5.75 Å². The average Bonchev–Trinajstić information content (AvgIpc) is 2.72. The van der Waals surface area contributed by atoms with E-state index in [4.69, 9.17) is 4.74 Å². The molecule has 0 fully saturated rings. The number of urea groups is 1. The summed E-state index contributed by atoms with van der Waals surface area (Å²) in [4.78, 5) is 12.3. The van der Waals surface area contributed by atoms with Crippen molar-refractivity contribution in [1.82, 2.24) is 0 Å². The van der Waals surface area contributed by atoms with Crippen molar-refractivity contribution in [3.63, 3.8) is 0 Å². The molecule has 2 aromatic rings. The summed E-state index contributed by atoms with van der Waals surface area (Å²) in [6.45, 7) is 4.88. The van der Waals surface area contributed by atoms with Crippen molar-refractivity contribution in [1.29, 1.82) is 0 Å². The van der Waals surface area contributed by atoms with E-state index in [9.17, 15) is 4.79 Å². The smallest absolute Gasteiger partial charge is 0.323 e. The van der Waals surface area contributed by atoms with Crippen molar-refractivity contribution >= 4 is 33.3 Å². The van der Waals surface area contributed by atoms with E-state index in [1.54, 1.807) is 0 Å². The number of nitrogens with one attached hydrogen (secondary N) is 2. The molecule has 0 spiro atoms. The van der Waals surface area contributed by atoms with Gasteiger partial charge in [0.2, 0.25) is 0 Å². The monoisotopic (exact) mass is 388 g/mol. The fraction of sp³-hybridized carbons (Fsp3) is 0.316. The second kappa shape index (κ2) is 7.26. The number of hydrogen-bond donors (Lipinski definition) is 2. The van der Waals surface area contributed by atoms with Crippen molar-refractivity contribution in [3.8, 4) is 5.75 Å². The molecule has 0 radical (unpaired) electrons. The molecule has 2 amide bonds. The van der Waals surface area contributed by atoms with Crippen molar-refractivity contribution in [2.45, 2.75) is 32.6 Å². The van der Waals surface area contributed by atoms with Crippen molar-refractivity contribution < 1.29 is 9.53 Å². The summed E-state index contributed by atoms with van der Waals surface area (Å²) in [5.41, 5.74) is 3.74. The summed E-state index contributed by atoms with van der Waals surface area (Å²) in [7, 11) is 0. The number of carbonyl (C=O) groups is 1. The molecule has 1 heterocycles. The molecule has 1 atom stereocenters. The normalized spacial score (nSPS) is 16.5. The topological polar surface area (TPSA) is 50.4 Å². The SMILES string of the molecule is Cc1ccc(NC(=O)Nc2cc(Br)cc3c2OCCC[C@@H]3C)cc1. The van der Waals surface area contributed by atoms with Gasteiger partial charge in [-0.3, -0.25) is 0 Å². The predicted octanol–water partition coefficient (Wildman–Crippen LogP) is 5.68. The number of aryl methyl sites for hydroxylation is 1. The van der Waals surface area contributed by atoms with Gasteiger partial charge in [0.05, 0.1) is 12.3 Å². The van der Waals surface area contributed by atoms with E-state index < -0.39 is 0 Å². The van der Waals surface area contributed by atoms with Crippen molar-refractivity contribution in [3.05, 3.63) is 52.0 Å². The van der Waals surface area contributed by atoms with Gasteiger partial charge >= 0.3 is 6.03 Å². The van der Waals surface area contributed by atoms with Gasteiger partial charge in [-0.2, -0.15) is 0 Å². The zero-order valence-electron chi connectivity index (χ0n) is 13.9. The first-order valence-electron chi connectivity index (χ1n) is 8.14. The molecule has 1 aliphatic heterocycles. The Labute approximate surface area is 150 Å². The fourth-order valence-electron chi connectivity index (χ4n) is 2.88. The highest BCUT2D eigenvalue weighted by Crippen LogP contribution is 2.40. The van der Waals surface area contributed by atoms with Gasteiger partial charge < -0.3 is 15.4 Å². The van der Waals surface area contributed by atoms with Gasteiger partial charge in [-0.05, 0) is 49.9 Å². The Hall–Kier alpha value is -2.01. The van der Waals surface area contributed by atoms with Crippen LogP contribution in [0.2, 0.25) is 0 Å². The standard InChI is InChI=1S/C19H21BrN2O2/c1-12-5-7-15(8-6-12)21-19(23)22-17-11-14(20)10-16-13(2)4-3-9-24-18(16)17/h5-8,10-11,13H,3-4,9H2,1-2H3,(H2,21,22,23)/t13-/m0/s1. The van der Waals surface area contributed by atoms with Gasteiger partial charge in [0.15, 0.2) is 0 Å². The van der Waals surface area contributed by atoms with Gasteiger partial charge in [-0.1, -0.05) is 40.5 Å². The summed E-state index contributed by atoms with van der Waals surface area (Å²) in [6.07, 6.45) is 2.10. The highest BCUT2D eigenvalue weighted by atomic mass is 79.9. The van der Waals surface area contributed by atoms with Crippen LogP contribution in [0.3, 0.4) is 0 Å². The van der Waals surface area contributed by atoms with Crippen LogP contribution in [-0.4, -0.2) is 12.6 Å². The number of benzene rings is 2. The molecule has 0 saturated carbocycles. The van der Waals surface area contributed by atoms with Crippen LogP contribution in [0.5, 0.6) is 5.75 Å². The highest BCUT2D eigenvalue weighted by Gasteiger charge is 2.21. The minimum Gasteiger partial charge on any atom is -0.491 e. The van der Waals surface area contributed by atoms with E-state index in [1.165, 1.54) is 0 Å². The first-order chi connectivity index (χ1) is 11.5. The number of rotatable bonds is 2. The summed E-state index contributed by atoms with van der Waals surface area (Å²) in [5.74, 6) is 1.18. The lowest BCUT2D eigenvalue weighted by atomic mass is 9.96. The van der Waals surface area contributed by atoms with Crippen LogP contribution in [0.4, 0.5) is 16.2 Å². The molecule has 5 heteroatoms. The number of halogens is 1. The predicted molar refractivity (Wildman–Crippen MR) is 101 cm³/mol. The quantitative estimate of drug-likeness (QED) is 0.695. The molecular weight excluding hydrogens is 368 g/mol. The molecule has 24 heavy (non-hydrogen) atoms. The third kappa shape index (κ3) is 3.90. The molecule has 0 aliphatic carbocycles. The molecule has 126 valence electrons. The van der Waals surface area contributed by atoms with Crippen LogP contribution < -0.4 is 15.4 Å². The molecule has 0 saturated heterocycles. The molecule has 0 aromatic heterocycles. The Morgan fingerprint density at radius 1 is 1.21 bits per heavy atom. The lowest BCUT2D eigenvalue weighted by molar-refractivity contribution is 0.262. The lowest BCUT2D eigenvalue weighted by Crippen LogP contribution is -2.20. The Kier molecular flexibility index (Phi) is 5.09. The molecule has 2 aromatic carbocycles. The van der Waals surface area contributed by atoms with Crippen molar-refractivity contribution in [2.75, 3.05) is 17.2 Å². The van der Waals surface area contributed by atoms with Gasteiger partial charge in [0.25, 0.3) is 0 Å². The third-order valence-corrected chi connectivity index (χ3v) is 4.66. The Morgan fingerprint density at radius 3 is 2.71 bits per heavy atom. The molecule has 3 rings (SSSR count). The first-order valence-corrected chi connectivity index (χ1v) is 8.93. The number of carbonyl (C=O) groups excluding carboxylic acids is 1. The minimum absolute atomic E-state index is 0.278. The third-order valence-electron chi connectivity index (χ3n) is 4.20.